The molecule has 2 unspecified atom stereocenters. The van der Waals surface area contributed by atoms with Crippen molar-refractivity contribution in [2.75, 3.05) is 24.1 Å². The first-order chi connectivity index (χ1) is 10.5. The van der Waals surface area contributed by atoms with Crippen molar-refractivity contribution >= 4 is 21.6 Å². The summed E-state index contributed by atoms with van der Waals surface area (Å²) < 4.78 is 25.4. The number of sulfonamides is 1. The van der Waals surface area contributed by atoms with Crippen LogP contribution < -0.4 is 10.0 Å². The zero-order valence-electron chi connectivity index (χ0n) is 12.6. The second kappa shape index (κ2) is 5.89. The van der Waals surface area contributed by atoms with Crippen LogP contribution in [0.25, 0.3) is 0 Å². The molecule has 2 bridgehead atoms. The quantitative estimate of drug-likeness (QED) is 0.871. The molecule has 2 fully saturated rings. The molecule has 2 heterocycles. The Bertz CT molecular complexity index is 660. The lowest BCUT2D eigenvalue weighted by molar-refractivity contribution is 0.0681. The van der Waals surface area contributed by atoms with E-state index in [0.29, 0.717) is 11.3 Å². The molecular formula is C15H21N3O3S. The van der Waals surface area contributed by atoms with E-state index in [9.17, 15) is 13.2 Å². The van der Waals surface area contributed by atoms with Crippen LogP contribution in [0.4, 0.5) is 5.69 Å². The molecule has 1 amide bonds. The predicted molar refractivity (Wildman–Crippen MR) is 85.4 cm³/mol. The standard InChI is InChI=1S/C15H21N3O3S/c1-22(20,21)17-14-5-3-2-4-13(14)15(19)18-11-6-7-12(18)10-16-9-8-11/h2-5,11-12,16-17H,6-10H2,1H3. The molecule has 1 aromatic carbocycles. The fourth-order valence-corrected chi connectivity index (χ4v) is 3.99. The van der Waals surface area contributed by atoms with Crippen LogP contribution in [-0.4, -0.2) is 50.7 Å². The van der Waals surface area contributed by atoms with Crippen molar-refractivity contribution in [3.63, 3.8) is 0 Å². The molecular weight excluding hydrogens is 302 g/mol. The van der Waals surface area contributed by atoms with Crippen molar-refractivity contribution in [1.29, 1.82) is 0 Å². The zero-order chi connectivity index (χ0) is 15.7. The van der Waals surface area contributed by atoms with E-state index >= 15 is 0 Å². The third-order valence-corrected chi connectivity index (χ3v) is 4.93. The second-order valence-corrected chi connectivity index (χ2v) is 7.76. The molecule has 6 nitrogen and oxygen atoms in total. The summed E-state index contributed by atoms with van der Waals surface area (Å²) in [4.78, 5) is 14.9. The van der Waals surface area contributed by atoms with E-state index in [0.717, 1.165) is 38.6 Å². The van der Waals surface area contributed by atoms with Crippen LogP contribution in [0.1, 0.15) is 29.6 Å². The summed E-state index contributed by atoms with van der Waals surface area (Å²) >= 11 is 0. The van der Waals surface area contributed by atoms with Crippen LogP contribution in [0, 0.1) is 0 Å². The predicted octanol–water partition coefficient (Wildman–Crippen LogP) is 1.02. The molecule has 0 aromatic heterocycles. The highest BCUT2D eigenvalue weighted by atomic mass is 32.2. The number of hydrogen-bond donors (Lipinski definition) is 2. The Labute approximate surface area is 130 Å². The van der Waals surface area contributed by atoms with Crippen LogP contribution in [-0.2, 0) is 10.0 Å². The van der Waals surface area contributed by atoms with Crippen molar-refractivity contribution in [2.24, 2.45) is 0 Å². The van der Waals surface area contributed by atoms with Gasteiger partial charge in [-0.3, -0.25) is 9.52 Å². The van der Waals surface area contributed by atoms with E-state index in [1.165, 1.54) is 0 Å². The van der Waals surface area contributed by atoms with E-state index < -0.39 is 10.0 Å². The Morgan fingerprint density at radius 2 is 1.95 bits per heavy atom. The molecule has 2 atom stereocenters. The van der Waals surface area contributed by atoms with Gasteiger partial charge in [0.25, 0.3) is 5.91 Å². The number of amides is 1. The van der Waals surface area contributed by atoms with Gasteiger partial charge < -0.3 is 10.2 Å². The summed E-state index contributed by atoms with van der Waals surface area (Å²) in [6.07, 6.45) is 4.07. The smallest absolute Gasteiger partial charge is 0.256 e. The van der Waals surface area contributed by atoms with Crippen LogP contribution in [0.15, 0.2) is 24.3 Å². The van der Waals surface area contributed by atoms with Gasteiger partial charge in [-0.1, -0.05) is 12.1 Å². The molecule has 7 heteroatoms. The first-order valence-electron chi connectivity index (χ1n) is 7.56. The number of carbonyl (C=O) groups is 1. The van der Waals surface area contributed by atoms with Gasteiger partial charge in [-0.05, 0) is 37.9 Å². The largest absolute Gasteiger partial charge is 0.331 e. The first kappa shape index (κ1) is 15.3. The molecule has 22 heavy (non-hydrogen) atoms. The number of nitrogens with one attached hydrogen (secondary N) is 2. The fraction of sp³-hybridized carbons (Fsp3) is 0.533. The maximum atomic E-state index is 13.0. The Morgan fingerprint density at radius 1 is 1.23 bits per heavy atom. The van der Waals surface area contributed by atoms with Gasteiger partial charge in [0.1, 0.15) is 0 Å². The van der Waals surface area contributed by atoms with Crippen molar-refractivity contribution in [2.45, 2.75) is 31.3 Å². The van der Waals surface area contributed by atoms with Gasteiger partial charge in [-0.25, -0.2) is 8.42 Å². The molecule has 0 saturated carbocycles. The van der Waals surface area contributed by atoms with Gasteiger partial charge in [-0.15, -0.1) is 0 Å². The van der Waals surface area contributed by atoms with Crippen molar-refractivity contribution in [3.05, 3.63) is 29.8 Å². The maximum Gasteiger partial charge on any atom is 0.256 e. The van der Waals surface area contributed by atoms with Crippen molar-refractivity contribution in [3.8, 4) is 0 Å². The minimum Gasteiger partial charge on any atom is -0.331 e. The topological polar surface area (TPSA) is 78.5 Å². The minimum atomic E-state index is -3.42. The molecule has 0 radical (unpaired) electrons. The lowest BCUT2D eigenvalue weighted by Gasteiger charge is -2.28. The van der Waals surface area contributed by atoms with Gasteiger partial charge in [-0.2, -0.15) is 0 Å². The Hall–Kier alpha value is -1.60. The van der Waals surface area contributed by atoms with Crippen LogP contribution in [0.3, 0.4) is 0 Å². The number of para-hydroxylation sites is 1. The van der Waals surface area contributed by atoms with Gasteiger partial charge in [0, 0.05) is 18.6 Å². The summed E-state index contributed by atoms with van der Waals surface area (Å²) in [5.74, 6) is -0.0806. The van der Waals surface area contributed by atoms with E-state index in [1.807, 2.05) is 4.90 Å². The van der Waals surface area contributed by atoms with E-state index in [-0.39, 0.29) is 18.0 Å². The highest BCUT2D eigenvalue weighted by molar-refractivity contribution is 7.92. The number of hydrogen-bond acceptors (Lipinski definition) is 4. The van der Waals surface area contributed by atoms with Gasteiger partial charge in [0.2, 0.25) is 10.0 Å². The summed E-state index contributed by atoms with van der Waals surface area (Å²) in [6.45, 7) is 1.73. The summed E-state index contributed by atoms with van der Waals surface area (Å²) in [6, 6.07) is 7.26. The highest BCUT2D eigenvalue weighted by Gasteiger charge is 2.38. The molecule has 3 rings (SSSR count). The molecule has 2 aliphatic rings. The molecule has 0 spiro atoms. The number of fused-ring (bicyclic) bond motifs is 2. The molecule has 2 N–H and O–H groups in total. The number of rotatable bonds is 3. The lowest BCUT2D eigenvalue weighted by atomic mass is 10.1. The first-order valence-corrected chi connectivity index (χ1v) is 9.45. The number of benzene rings is 1. The van der Waals surface area contributed by atoms with Gasteiger partial charge >= 0.3 is 0 Å². The van der Waals surface area contributed by atoms with Gasteiger partial charge in [0.05, 0.1) is 17.5 Å². The SMILES string of the molecule is CS(=O)(=O)Nc1ccccc1C(=O)N1C2CCNCC1CC2. The average molecular weight is 323 g/mol. The van der Waals surface area contributed by atoms with Gasteiger partial charge in [0.15, 0.2) is 0 Å². The summed E-state index contributed by atoms with van der Waals surface area (Å²) in [7, 11) is -3.42. The number of anilines is 1. The minimum absolute atomic E-state index is 0.0806. The van der Waals surface area contributed by atoms with Crippen molar-refractivity contribution < 1.29 is 13.2 Å². The van der Waals surface area contributed by atoms with Crippen LogP contribution in [0.2, 0.25) is 0 Å². The van der Waals surface area contributed by atoms with E-state index in [1.54, 1.807) is 24.3 Å². The van der Waals surface area contributed by atoms with Crippen LogP contribution >= 0.6 is 0 Å². The second-order valence-electron chi connectivity index (χ2n) is 6.01. The Kier molecular flexibility index (Phi) is 4.10. The fourth-order valence-electron chi connectivity index (χ4n) is 3.41. The van der Waals surface area contributed by atoms with Crippen LogP contribution in [0.5, 0.6) is 0 Å². The molecule has 2 aliphatic heterocycles. The van der Waals surface area contributed by atoms with Crippen molar-refractivity contribution in [1.82, 2.24) is 10.2 Å². The zero-order valence-corrected chi connectivity index (χ0v) is 13.4. The normalized spacial score (nSPS) is 24.9. The Morgan fingerprint density at radius 3 is 2.73 bits per heavy atom. The molecule has 0 aliphatic carbocycles. The van der Waals surface area contributed by atoms with E-state index in [4.69, 9.17) is 0 Å². The van der Waals surface area contributed by atoms with E-state index in [2.05, 4.69) is 10.0 Å². The summed E-state index contributed by atoms with van der Waals surface area (Å²) in [5.41, 5.74) is 0.776. The number of nitrogens with zero attached hydrogens (tertiary/aromatic N) is 1. The third kappa shape index (κ3) is 3.10. The average Bonchev–Trinajstić information content (AvgIpc) is 2.70. The Balaban J connectivity index is 1.92. The summed E-state index contributed by atoms with van der Waals surface area (Å²) in [5, 5.41) is 3.36. The monoisotopic (exact) mass is 323 g/mol. The maximum absolute atomic E-state index is 13.0. The lowest BCUT2D eigenvalue weighted by Crippen LogP contribution is -2.42. The number of carbonyl (C=O) groups excluding carboxylic acids is 1. The molecule has 120 valence electrons. The molecule has 1 aromatic rings. The molecule has 2 saturated heterocycles. The highest BCUT2D eigenvalue weighted by Crippen LogP contribution is 2.31. The third-order valence-electron chi connectivity index (χ3n) is 4.34.